The second-order valence-electron chi connectivity index (χ2n) is 4.22. The molecule has 1 aromatic rings. The van der Waals surface area contributed by atoms with Gasteiger partial charge in [0.1, 0.15) is 0 Å². The Kier molecular flexibility index (Phi) is 1.30. The lowest BCUT2D eigenvalue weighted by atomic mass is 9.99. The molecule has 3 rings (SSSR count). The summed E-state index contributed by atoms with van der Waals surface area (Å²) in [6.45, 7) is 6.09. The van der Waals surface area contributed by atoms with Crippen LogP contribution in [0.4, 0.5) is 5.69 Å². The third-order valence-electron chi connectivity index (χ3n) is 3.43. The average molecular weight is 172 g/mol. The molecule has 0 bridgehead atoms. The Balaban J connectivity index is 2.13. The van der Waals surface area contributed by atoms with Crippen molar-refractivity contribution in [2.45, 2.75) is 18.3 Å². The summed E-state index contributed by atoms with van der Waals surface area (Å²) in [6, 6.07) is 8.81. The summed E-state index contributed by atoms with van der Waals surface area (Å²) in [7, 11) is 0. The summed E-state index contributed by atoms with van der Waals surface area (Å²) < 4.78 is 0. The molecule has 13 heavy (non-hydrogen) atoms. The number of para-hydroxylation sites is 1. The minimum absolute atomic E-state index is 0.536. The van der Waals surface area contributed by atoms with Crippen LogP contribution < -0.4 is 4.90 Å². The zero-order valence-electron chi connectivity index (χ0n) is 7.79. The highest BCUT2D eigenvalue weighted by Crippen LogP contribution is 2.56. The van der Waals surface area contributed by atoms with Gasteiger partial charge in [0.05, 0.1) is 0 Å². The van der Waals surface area contributed by atoms with E-state index in [0.29, 0.717) is 5.41 Å². The maximum Gasteiger partial charge on any atom is 0.0405 e. The Labute approximate surface area is 79.4 Å². The third kappa shape index (κ3) is 0.874. The normalized spacial score (nSPS) is 22.1. The van der Waals surface area contributed by atoms with Gasteiger partial charge in [-0.15, -0.1) is 0 Å². The van der Waals surface area contributed by atoms with Gasteiger partial charge in [-0.1, -0.05) is 18.2 Å². The number of nitrogens with zero attached hydrogens (tertiary/aromatic N) is 1. The second kappa shape index (κ2) is 2.28. The minimum atomic E-state index is 0.536. The first kappa shape index (κ1) is 7.43. The summed E-state index contributed by atoms with van der Waals surface area (Å²) in [5.41, 5.74) is 3.53. The molecule has 0 atom stereocenters. The van der Waals surface area contributed by atoms with Crippen molar-refractivity contribution in [3.8, 4) is 0 Å². The van der Waals surface area contributed by atoms with Crippen LogP contribution in [0.5, 0.6) is 0 Å². The highest BCUT2D eigenvalue weighted by Gasteiger charge is 2.50. The highest BCUT2D eigenvalue weighted by atomic mass is 15.2. The van der Waals surface area contributed by atoms with Crippen molar-refractivity contribution in [2.75, 3.05) is 18.0 Å². The van der Waals surface area contributed by atoms with Crippen LogP contribution in [-0.2, 0) is 5.41 Å². The van der Waals surface area contributed by atoms with Gasteiger partial charge < -0.3 is 4.90 Å². The first-order valence-corrected chi connectivity index (χ1v) is 4.99. The van der Waals surface area contributed by atoms with Crippen LogP contribution >= 0.6 is 0 Å². The van der Waals surface area contributed by atoms with Crippen LogP contribution in [0.3, 0.4) is 0 Å². The minimum Gasteiger partial charge on any atom is -0.370 e. The molecule has 1 aliphatic carbocycles. The molecule has 0 aromatic heterocycles. The maximum atomic E-state index is 3.99. The molecule has 0 amide bonds. The Morgan fingerprint density at radius 2 is 2.08 bits per heavy atom. The lowest BCUT2D eigenvalue weighted by Gasteiger charge is -2.16. The van der Waals surface area contributed by atoms with Gasteiger partial charge in [0, 0.05) is 24.2 Å². The zero-order valence-corrected chi connectivity index (χ0v) is 7.79. The quantitative estimate of drug-likeness (QED) is 0.628. The van der Waals surface area contributed by atoms with Crippen molar-refractivity contribution in [1.82, 2.24) is 0 Å². The topological polar surface area (TPSA) is 3.24 Å². The van der Waals surface area contributed by atoms with Crippen molar-refractivity contribution in [3.05, 3.63) is 36.8 Å². The molecular formula is C12H14N. The third-order valence-corrected chi connectivity index (χ3v) is 3.43. The van der Waals surface area contributed by atoms with Crippen LogP contribution in [0.1, 0.15) is 18.4 Å². The molecule has 1 nitrogen and oxygen atoms in total. The van der Waals surface area contributed by atoms with E-state index >= 15 is 0 Å². The lowest BCUT2D eigenvalue weighted by molar-refractivity contribution is 0.716. The Morgan fingerprint density at radius 1 is 1.31 bits per heavy atom. The first-order valence-electron chi connectivity index (χ1n) is 4.99. The van der Waals surface area contributed by atoms with E-state index in [1.54, 1.807) is 5.56 Å². The zero-order chi connectivity index (χ0) is 8.89. The van der Waals surface area contributed by atoms with Gasteiger partial charge in [-0.2, -0.15) is 0 Å². The molecule has 0 saturated heterocycles. The van der Waals surface area contributed by atoms with Gasteiger partial charge in [0.25, 0.3) is 0 Å². The van der Waals surface area contributed by atoms with E-state index in [1.165, 1.54) is 25.1 Å². The van der Waals surface area contributed by atoms with E-state index in [2.05, 4.69) is 36.1 Å². The molecule has 1 aromatic carbocycles. The van der Waals surface area contributed by atoms with E-state index < -0.39 is 0 Å². The van der Waals surface area contributed by atoms with Gasteiger partial charge in [0.15, 0.2) is 0 Å². The first-order chi connectivity index (χ1) is 6.36. The summed E-state index contributed by atoms with van der Waals surface area (Å²) >= 11 is 0. The molecular weight excluding hydrogens is 158 g/mol. The molecule has 1 fully saturated rings. The number of rotatable bonds is 1. The van der Waals surface area contributed by atoms with Gasteiger partial charge in [0.2, 0.25) is 0 Å². The summed E-state index contributed by atoms with van der Waals surface area (Å²) in [5, 5.41) is 0. The Morgan fingerprint density at radius 3 is 2.77 bits per heavy atom. The van der Waals surface area contributed by atoms with Crippen molar-refractivity contribution in [3.63, 3.8) is 0 Å². The average Bonchev–Trinajstić information content (AvgIpc) is 2.87. The van der Waals surface area contributed by atoms with E-state index in [4.69, 9.17) is 0 Å². The van der Waals surface area contributed by atoms with Gasteiger partial charge in [-0.05, 0) is 31.4 Å². The number of hydrogen-bond donors (Lipinski definition) is 0. The van der Waals surface area contributed by atoms with Crippen LogP contribution in [0.2, 0.25) is 0 Å². The second-order valence-corrected chi connectivity index (χ2v) is 4.22. The molecule has 0 unspecified atom stereocenters. The van der Waals surface area contributed by atoms with Crippen molar-refractivity contribution in [2.24, 2.45) is 0 Å². The summed E-state index contributed by atoms with van der Waals surface area (Å²) in [5.74, 6) is 0. The summed E-state index contributed by atoms with van der Waals surface area (Å²) in [4.78, 5) is 2.41. The molecule has 1 aliphatic heterocycles. The number of anilines is 1. The smallest absolute Gasteiger partial charge is 0.0405 e. The standard InChI is InChI=1S/C12H14N/c1-2-13-9-12(7-8-12)10-5-3-4-6-11(10)13/h3-6H,1-2,7-9H2. The Hall–Kier alpha value is -0.980. The van der Waals surface area contributed by atoms with E-state index in [9.17, 15) is 0 Å². The number of benzene rings is 1. The SMILES string of the molecule is [CH2]CN1CC2(CC2)c2ccccc21. The fraction of sp³-hybridized carbons (Fsp3) is 0.417. The molecule has 1 radical (unpaired) electrons. The van der Waals surface area contributed by atoms with E-state index in [1.807, 2.05) is 0 Å². The maximum absolute atomic E-state index is 3.99. The molecule has 1 saturated carbocycles. The van der Waals surface area contributed by atoms with Crippen LogP contribution in [-0.4, -0.2) is 13.1 Å². The molecule has 67 valence electrons. The molecule has 0 N–H and O–H groups in total. The molecule has 2 aliphatic rings. The van der Waals surface area contributed by atoms with Gasteiger partial charge in [-0.25, -0.2) is 0 Å². The predicted octanol–water partition coefficient (Wildman–Crippen LogP) is 2.37. The van der Waals surface area contributed by atoms with Crippen LogP contribution in [0.25, 0.3) is 0 Å². The molecule has 1 heterocycles. The number of hydrogen-bond acceptors (Lipinski definition) is 1. The number of fused-ring (bicyclic) bond motifs is 2. The van der Waals surface area contributed by atoms with Crippen LogP contribution in [0, 0.1) is 6.92 Å². The molecule has 1 spiro atoms. The van der Waals surface area contributed by atoms with Crippen molar-refractivity contribution in [1.29, 1.82) is 0 Å². The van der Waals surface area contributed by atoms with E-state index in [0.717, 1.165) is 6.54 Å². The fourth-order valence-electron chi connectivity index (χ4n) is 2.51. The van der Waals surface area contributed by atoms with Crippen molar-refractivity contribution < 1.29 is 0 Å². The van der Waals surface area contributed by atoms with Gasteiger partial charge in [-0.3, -0.25) is 0 Å². The van der Waals surface area contributed by atoms with Crippen molar-refractivity contribution >= 4 is 5.69 Å². The summed E-state index contributed by atoms with van der Waals surface area (Å²) in [6.07, 6.45) is 2.75. The fourth-order valence-corrected chi connectivity index (χ4v) is 2.51. The Bertz CT molecular complexity index is 339. The molecule has 1 heteroatoms. The predicted molar refractivity (Wildman–Crippen MR) is 54.9 cm³/mol. The monoisotopic (exact) mass is 172 g/mol. The van der Waals surface area contributed by atoms with Crippen LogP contribution in [0.15, 0.2) is 24.3 Å². The van der Waals surface area contributed by atoms with E-state index in [-0.39, 0.29) is 0 Å². The largest absolute Gasteiger partial charge is 0.370 e. The highest BCUT2D eigenvalue weighted by molar-refractivity contribution is 5.64. The van der Waals surface area contributed by atoms with Gasteiger partial charge >= 0.3 is 0 Å². The lowest BCUT2D eigenvalue weighted by Crippen LogP contribution is -2.23.